The average Bonchev–Trinajstić information content (AvgIpc) is 2.69. The molecule has 2 aromatic rings. The molecule has 0 atom stereocenters. The van der Waals surface area contributed by atoms with Gasteiger partial charge in [-0.3, -0.25) is 4.90 Å². The van der Waals surface area contributed by atoms with Gasteiger partial charge in [-0.05, 0) is 74.3 Å². The fourth-order valence-corrected chi connectivity index (χ4v) is 3.79. The van der Waals surface area contributed by atoms with Crippen LogP contribution in [0.2, 0.25) is 0 Å². The summed E-state index contributed by atoms with van der Waals surface area (Å²) in [7, 11) is 0. The third-order valence-corrected chi connectivity index (χ3v) is 5.54. The van der Waals surface area contributed by atoms with Gasteiger partial charge in [0, 0.05) is 22.9 Å². The van der Waals surface area contributed by atoms with Gasteiger partial charge in [0.25, 0.3) is 0 Å². The lowest BCUT2D eigenvalue weighted by molar-refractivity contribution is -0.137. The zero-order valence-corrected chi connectivity index (χ0v) is 16.4. The maximum atomic E-state index is 12.6. The number of benzene rings is 2. The SMILES string of the molecule is FC(F)(F)c1ccc(Sc2ccc(OCCCCN3CC=CCC3)cc2)cc1. The summed E-state index contributed by atoms with van der Waals surface area (Å²) in [6.07, 6.45) is 3.45. The number of hydrogen-bond acceptors (Lipinski definition) is 3. The summed E-state index contributed by atoms with van der Waals surface area (Å²) < 4.78 is 43.6. The molecule has 3 rings (SSSR count). The van der Waals surface area contributed by atoms with Crippen LogP contribution in [0.1, 0.15) is 24.8 Å². The standard InChI is InChI=1S/C22H24F3NOS/c23-22(24,25)18-6-10-20(11-7-18)28-21-12-8-19(9-13-21)27-17-5-4-16-26-14-2-1-3-15-26/h1-2,6-13H,3-5,14-17H2. The molecule has 0 aromatic heterocycles. The van der Waals surface area contributed by atoms with Gasteiger partial charge in [-0.1, -0.05) is 23.9 Å². The highest BCUT2D eigenvalue weighted by Gasteiger charge is 2.29. The van der Waals surface area contributed by atoms with Crippen molar-refractivity contribution in [1.82, 2.24) is 4.90 Å². The molecule has 0 radical (unpaired) electrons. The third kappa shape index (κ3) is 6.60. The van der Waals surface area contributed by atoms with Crippen molar-refractivity contribution in [3.8, 4) is 5.75 Å². The first kappa shape index (κ1) is 20.8. The summed E-state index contributed by atoms with van der Waals surface area (Å²) in [6.45, 7) is 4.00. The number of ether oxygens (including phenoxy) is 1. The molecular formula is C22H24F3NOS. The van der Waals surface area contributed by atoms with E-state index in [1.807, 2.05) is 24.3 Å². The van der Waals surface area contributed by atoms with Crippen LogP contribution in [-0.2, 0) is 6.18 Å². The molecule has 2 aromatic carbocycles. The number of halogens is 3. The molecule has 0 bridgehead atoms. The van der Waals surface area contributed by atoms with Gasteiger partial charge in [0.1, 0.15) is 5.75 Å². The van der Waals surface area contributed by atoms with Gasteiger partial charge in [0.15, 0.2) is 0 Å². The Morgan fingerprint density at radius 2 is 1.57 bits per heavy atom. The highest BCUT2D eigenvalue weighted by molar-refractivity contribution is 7.99. The van der Waals surface area contributed by atoms with Crippen LogP contribution in [0.15, 0.2) is 70.5 Å². The maximum absolute atomic E-state index is 12.6. The van der Waals surface area contributed by atoms with Crippen molar-refractivity contribution in [2.75, 3.05) is 26.2 Å². The van der Waals surface area contributed by atoms with E-state index in [2.05, 4.69) is 17.1 Å². The lowest BCUT2D eigenvalue weighted by atomic mass is 10.2. The van der Waals surface area contributed by atoms with Crippen LogP contribution >= 0.6 is 11.8 Å². The second-order valence-corrected chi connectivity index (χ2v) is 7.86. The van der Waals surface area contributed by atoms with E-state index in [4.69, 9.17) is 4.74 Å². The summed E-state index contributed by atoms with van der Waals surface area (Å²) in [4.78, 5) is 4.19. The molecule has 1 aliphatic rings. The zero-order valence-electron chi connectivity index (χ0n) is 15.6. The summed E-state index contributed by atoms with van der Waals surface area (Å²) in [6, 6.07) is 12.9. The molecule has 2 nitrogen and oxygen atoms in total. The second kappa shape index (κ2) is 10.0. The predicted octanol–water partition coefficient (Wildman–Crippen LogP) is 6.28. The molecule has 0 fully saturated rings. The van der Waals surface area contributed by atoms with E-state index in [0.29, 0.717) is 6.61 Å². The van der Waals surface area contributed by atoms with Gasteiger partial charge in [-0.2, -0.15) is 13.2 Å². The highest BCUT2D eigenvalue weighted by Crippen LogP contribution is 2.33. The van der Waals surface area contributed by atoms with Gasteiger partial charge in [-0.25, -0.2) is 0 Å². The zero-order chi connectivity index (χ0) is 19.8. The first-order valence-corrected chi connectivity index (χ1v) is 10.3. The van der Waals surface area contributed by atoms with Crippen LogP contribution in [0.5, 0.6) is 5.75 Å². The topological polar surface area (TPSA) is 12.5 Å². The van der Waals surface area contributed by atoms with E-state index in [9.17, 15) is 13.2 Å². The smallest absolute Gasteiger partial charge is 0.416 e. The molecule has 28 heavy (non-hydrogen) atoms. The van der Waals surface area contributed by atoms with Crippen LogP contribution in [0, 0.1) is 0 Å². The maximum Gasteiger partial charge on any atom is 0.416 e. The molecule has 1 aliphatic heterocycles. The molecule has 0 aliphatic carbocycles. The van der Waals surface area contributed by atoms with E-state index in [1.54, 1.807) is 0 Å². The summed E-state index contributed by atoms with van der Waals surface area (Å²) >= 11 is 1.43. The van der Waals surface area contributed by atoms with Crippen molar-refractivity contribution in [2.45, 2.75) is 35.2 Å². The number of hydrogen-bond donors (Lipinski definition) is 0. The number of nitrogens with zero attached hydrogens (tertiary/aromatic N) is 1. The van der Waals surface area contributed by atoms with Crippen molar-refractivity contribution in [3.63, 3.8) is 0 Å². The van der Waals surface area contributed by atoms with Gasteiger partial charge >= 0.3 is 6.18 Å². The van der Waals surface area contributed by atoms with Gasteiger partial charge in [0.2, 0.25) is 0 Å². The van der Waals surface area contributed by atoms with Gasteiger partial charge in [-0.15, -0.1) is 0 Å². The molecule has 0 saturated heterocycles. The molecule has 1 heterocycles. The lowest BCUT2D eigenvalue weighted by Crippen LogP contribution is -2.28. The number of rotatable bonds is 8. The Kier molecular flexibility index (Phi) is 7.45. The van der Waals surface area contributed by atoms with Crippen LogP contribution in [-0.4, -0.2) is 31.1 Å². The number of alkyl halides is 3. The van der Waals surface area contributed by atoms with Crippen LogP contribution < -0.4 is 4.74 Å². The van der Waals surface area contributed by atoms with E-state index in [1.165, 1.54) is 23.9 Å². The summed E-state index contributed by atoms with van der Waals surface area (Å²) in [5, 5.41) is 0. The minimum Gasteiger partial charge on any atom is -0.494 e. The second-order valence-electron chi connectivity index (χ2n) is 6.71. The Morgan fingerprint density at radius 3 is 2.18 bits per heavy atom. The van der Waals surface area contributed by atoms with E-state index in [0.717, 1.165) is 66.6 Å². The summed E-state index contributed by atoms with van der Waals surface area (Å²) in [5.41, 5.74) is -0.627. The summed E-state index contributed by atoms with van der Waals surface area (Å²) in [5.74, 6) is 0.817. The molecule has 0 saturated carbocycles. The molecular weight excluding hydrogens is 383 g/mol. The Labute approximate surface area is 168 Å². The molecule has 0 unspecified atom stereocenters. The van der Waals surface area contributed by atoms with E-state index in [-0.39, 0.29) is 0 Å². The fraction of sp³-hybridized carbons (Fsp3) is 0.364. The molecule has 0 spiro atoms. The molecule has 0 amide bonds. The van der Waals surface area contributed by atoms with Crippen molar-refractivity contribution >= 4 is 11.8 Å². The largest absolute Gasteiger partial charge is 0.494 e. The van der Waals surface area contributed by atoms with Crippen molar-refractivity contribution < 1.29 is 17.9 Å². The van der Waals surface area contributed by atoms with E-state index >= 15 is 0 Å². The Hall–Kier alpha value is -1.92. The normalized spacial score (nSPS) is 15.0. The molecule has 0 N–H and O–H groups in total. The highest BCUT2D eigenvalue weighted by atomic mass is 32.2. The van der Waals surface area contributed by atoms with Crippen LogP contribution in [0.4, 0.5) is 13.2 Å². The quantitative estimate of drug-likeness (QED) is 0.378. The lowest BCUT2D eigenvalue weighted by Gasteiger charge is -2.22. The fourth-order valence-electron chi connectivity index (χ4n) is 2.97. The number of unbranched alkanes of at least 4 members (excludes halogenated alkanes) is 1. The Balaban J connectivity index is 1.39. The predicted molar refractivity (Wildman–Crippen MR) is 107 cm³/mol. The Morgan fingerprint density at radius 1 is 0.893 bits per heavy atom. The van der Waals surface area contributed by atoms with E-state index < -0.39 is 11.7 Å². The minimum absolute atomic E-state index is 0.627. The molecule has 150 valence electrons. The van der Waals surface area contributed by atoms with Crippen LogP contribution in [0.3, 0.4) is 0 Å². The van der Waals surface area contributed by atoms with Gasteiger partial charge < -0.3 is 4.74 Å². The minimum atomic E-state index is -4.30. The first-order valence-electron chi connectivity index (χ1n) is 9.46. The molecule has 6 heteroatoms. The third-order valence-electron chi connectivity index (χ3n) is 4.52. The van der Waals surface area contributed by atoms with Crippen LogP contribution in [0.25, 0.3) is 0 Å². The van der Waals surface area contributed by atoms with Crippen molar-refractivity contribution in [1.29, 1.82) is 0 Å². The van der Waals surface area contributed by atoms with Crippen molar-refractivity contribution in [2.24, 2.45) is 0 Å². The first-order chi connectivity index (χ1) is 13.5. The van der Waals surface area contributed by atoms with Gasteiger partial charge in [0.05, 0.1) is 12.2 Å². The average molecular weight is 408 g/mol. The van der Waals surface area contributed by atoms with Crippen molar-refractivity contribution in [3.05, 3.63) is 66.2 Å². The monoisotopic (exact) mass is 407 g/mol. The Bertz CT molecular complexity index is 757.